The van der Waals surface area contributed by atoms with Crippen LogP contribution in [0.2, 0.25) is 0 Å². The van der Waals surface area contributed by atoms with Crippen LogP contribution < -0.4 is 4.74 Å². The lowest BCUT2D eigenvalue weighted by atomic mass is 9.84. The van der Waals surface area contributed by atoms with Crippen molar-refractivity contribution in [3.63, 3.8) is 0 Å². The molecule has 1 aromatic carbocycles. The van der Waals surface area contributed by atoms with Crippen LogP contribution in [0.3, 0.4) is 0 Å². The summed E-state index contributed by atoms with van der Waals surface area (Å²) in [6.07, 6.45) is 14.1. The highest BCUT2D eigenvalue weighted by atomic mass is 16.5. The van der Waals surface area contributed by atoms with Crippen molar-refractivity contribution in [2.45, 2.75) is 132 Å². The van der Waals surface area contributed by atoms with Gasteiger partial charge in [0.2, 0.25) is 0 Å². The molecule has 31 heavy (non-hydrogen) atoms. The highest BCUT2D eigenvalue weighted by molar-refractivity contribution is 5.58. The molecule has 2 heteroatoms. The molecule has 0 fully saturated rings. The van der Waals surface area contributed by atoms with Crippen LogP contribution in [-0.2, 0) is 6.42 Å². The first-order chi connectivity index (χ1) is 14.5. The number of aromatic hydroxyl groups is 1. The largest absolute Gasteiger partial charge is 0.507 e. The third-order valence-electron chi connectivity index (χ3n) is 7.87. The predicted molar refractivity (Wildman–Crippen MR) is 134 cm³/mol. The molecule has 0 spiro atoms. The Balaban J connectivity index is 1.74. The molecule has 1 aliphatic heterocycles. The topological polar surface area (TPSA) is 29.5 Å². The molecule has 3 atom stereocenters. The molecule has 0 aromatic heterocycles. The standard InChI is InChI=1S/C29H50O2/c1-20(2)12-9-13-21(3)14-10-15-22(4)16-11-18-29(8)19-17-26-25(7)27(30)23(5)24(6)28(26)31-29/h20-22,30H,9-19H2,1-8H3/t21-,22-,29-/m0/s1. The molecular weight excluding hydrogens is 380 g/mol. The van der Waals surface area contributed by atoms with Gasteiger partial charge >= 0.3 is 0 Å². The van der Waals surface area contributed by atoms with Crippen LogP contribution in [0.5, 0.6) is 11.5 Å². The van der Waals surface area contributed by atoms with Gasteiger partial charge in [-0.05, 0) is 87.8 Å². The van der Waals surface area contributed by atoms with Crippen molar-refractivity contribution in [1.29, 1.82) is 0 Å². The quantitative estimate of drug-likeness (QED) is 0.359. The summed E-state index contributed by atoms with van der Waals surface area (Å²) in [6, 6.07) is 0. The van der Waals surface area contributed by atoms with Gasteiger partial charge in [0.25, 0.3) is 0 Å². The number of hydrogen-bond donors (Lipinski definition) is 1. The average Bonchev–Trinajstić information content (AvgIpc) is 2.70. The monoisotopic (exact) mass is 430 g/mol. The lowest BCUT2D eigenvalue weighted by molar-refractivity contribution is 0.0512. The first-order valence-electron chi connectivity index (χ1n) is 13.0. The Morgan fingerprint density at radius 1 is 0.806 bits per heavy atom. The molecular formula is C29H50O2. The van der Waals surface area contributed by atoms with Crippen molar-refractivity contribution in [1.82, 2.24) is 0 Å². The van der Waals surface area contributed by atoms with E-state index in [0.717, 1.165) is 59.5 Å². The Bertz CT molecular complexity index is 705. The summed E-state index contributed by atoms with van der Waals surface area (Å²) in [5.74, 6) is 4.04. The van der Waals surface area contributed by atoms with Crippen LogP contribution in [0, 0.1) is 38.5 Å². The molecule has 1 N–H and O–H groups in total. The Morgan fingerprint density at radius 2 is 1.35 bits per heavy atom. The van der Waals surface area contributed by atoms with E-state index in [1.54, 1.807) is 0 Å². The first kappa shape index (κ1) is 26.1. The maximum Gasteiger partial charge on any atom is 0.127 e. The van der Waals surface area contributed by atoms with E-state index in [9.17, 15) is 5.11 Å². The van der Waals surface area contributed by atoms with Gasteiger partial charge < -0.3 is 9.84 Å². The maximum atomic E-state index is 10.4. The summed E-state index contributed by atoms with van der Waals surface area (Å²) in [6.45, 7) is 17.9. The molecule has 2 nitrogen and oxygen atoms in total. The molecule has 0 amide bonds. The first-order valence-corrected chi connectivity index (χ1v) is 13.0. The summed E-state index contributed by atoms with van der Waals surface area (Å²) >= 11 is 0. The zero-order valence-corrected chi connectivity index (χ0v) is 21.9. The van der Waals surface area contributed by atoms with Crippen LogP contribution in [0.15, 0.2) is 0 Å². The number of fused-ring (bicyclic) bond motifs is 1. The van der Waals surface area contributed by atoms with Crippen molar-refractivity contribution in [2.75, 3.05) is 0 Å². The molecule has 0 bridgehead atoms. The van der Waals surface area contributed by atoms with Gasteiger partial charge in [-0.1, -0.05) is 72.6 Å². The summed E-state index contributed by atoms with van der Waals surface area (Å²) in [5, 5.41) is 10.4. The van der Waals surface area contributed by atoms with Crippen LogP contribution in [0.25, 0.3) is 0 Å². The number of ether oxygens (including phenoxy) is 1. The third kappa shape index (κ3) is 7.43. The second-order valence-electron chi connectivity index (χ2n) is 11.4. The fourth-order valence-electron chi connectivity index (χ4n) is 5.27. The van der Waals surface area contributed by atoms with Crippen LogP contribution in [0.1, 0.15) is 121 Å². The Hall–Kier alpha value is -1.18. The maximum absolute atomic E-state index is 10.4. The Labute approximate surface area is 193 Å². The predicted octanol–water partition coefficient (Wildman–Crippen LogP) is 8.84. The second kappa shape index (κ2) is 11.6. The molecule has 178 valence electrons. The fourth-order valence-corrected chi connectivity index (χ4v) is 5.27. The minimum Gasteiger partial charge on any atom is -0.507 e. The lowest BCUT2D eigenvalue weighted by Gasteiger charge is -2.38. The fraction of sp³-hybridized carbons (Fsp3) is 0.793. The van der Waals surface area contributed by atoms with E-state index in [2.05, 4.69) is 41.5 Å². The zero-order chi connectivity index (χ0) is 23.2. The van der Waals surface area contributed by atoms with Gasteiger partial charge in [-0.2, -0.15) is 0 Å². The normalized spacial score (nSPS) is 20.4. The second-order valence-corrected chi connectivity index (χ2v) is 11.4. The zero-order valence-electron chi connectivity index (χ0n) is 21.9. The summed E-state index contributed by atoms with van der Waals surface area (Å²) < 4.78 is 6.60. The lowest BCUT2D eigenvalue weighted by Crippen LogP contribution is -2.37. The van der Waals surface area contributed by atoms with E-state index in [0.29, 0.717) is 5.75 Å². The van der Waals surface area contributed by atoms with Gasteiger partial charge in [0.05, 0.1) is 0 Å². The van der Waals surface area contributed by atoms with E-state index in [1.165, 1.54) is 56.9 Å². The average molecular weight is 431 g/mol. The summed E-state index contributed by atoms with van der Waals surface area (Å²) in [4.78, 5) is 0. The molecule has 1 aliphatic rings. The third-order valence-corrected chi connectivity index (χ3v) is 7.87. The van der Waals surface area contributed by atoms with E-state index in [-0.39, 0.29) is 5.60 Å². The number of benzene rings is 1. The Kier molecular flexibility index (Phi) is 9.77. The van der Waals surface area contributed by atoms with Gasteiger partial charge in [0.1, 0.15) is 17.1 Å². The van der Waals surface area contributed by atoms with E-state index >= 15 is 0 Å². The molecule has 0 unspecified atom stereocenters. The van der Waals surface area contributed by atoms with Crippen molar-refractivity contribution in [3.05, 3.63) is 22.3 Å². The number of phenols is 1. The van der Waals surface area contributed by atoms with Crippen molar-refractivity contribution >= 4 is 0 Å². The molecule has 1 aromatic rings. The molecule has 2 rings (SSSR count). The van der Waals surface area contributed by atoms with Crippen LogP contribution in [0.4, 0.5) is 0 Å². The SMILES string of the molecule is Cc1c(C)c2c(c(C)c1O)CC[C@](C)(CCC[C@@H](C)CCC[C@@H](C)CCCC(C)C)O2. The van der Waals surface area contributed by atoms with Gasteiger partial charge in [0.15, 0.2) is 0 Å². The number of rotatable bonds is 12. The summed E-state index contributed by atoms with van der Waals surface area (Å²) in [7, 11) is 0. The van der Waals surface area contributed by atoms with Gasteiger partial charge in [-0.3, -0.25) is 0 Å². The molecule has 1 heterocycles. The van der Waals surface area contributed by atoms with Gasteiger partial charge in [-0.15, -0.1) is 0 Å². The van der Waals surface area contributed by atoms with Gasteiger partial charge in [0, 0.05) is 5.56 Å². The van der Waals surface area contributed by atoms with Crippen LogP contribution >= 0.6 is 0 Å². The van der Waals surface area contributed by atoms with Crippen molar-refractivity contribution < 1.29 is 9.84 Å². The number of hydrogen-bond acceptors (Lipinski definition) is 2. The minimum absolute atomic E-state index is 0.0712. The van der Waals surface area contributed by atoms with Crippen molar-refractivity contribution in [2.24, 2.45) is 17.8 Å². The highest BCUT2D eigenvalue weighted by Gasteiger charge is 2.34. The smallest absolute Gasteiger partial charge is 0.127 e. The summed E-state index contributed by atoms with van der Waals surface area (Å²) in [5.41, 5.74) is 4.23. The van der Waals surface area contributed by atoms with E-state index < -0.39 is 0 Å². The molecule has 0 saturated heterocycles. The molecule has 0 saturated carbocycles. The number of phenolic OH excluding ortho intramolecular Hbond substituents is 1. The van der Waals surface area contributed by atoms with E-state index in [1.807, 2.05) is 13.8 Å². The van der Waals surface area contributed by atoms with Gasteiger partial charge in [-0.25, -0.2) is 0 Å². The van der Waals surface area contributed by atoms with Crippen LogP contribution in [-0.4, -0.2) is 10.7 Å². The van der Waals surface area contributed by atoms with E-state index in [4.69, 9.17) is 4.74 Å². The molecule has 0 aliphatic carbocycles. The minimum atomic E-state index is -0.0712. The Morgan fingerprint density at radius 3 is 1.94 bits per heavy atom. The van der Waals surface area contributed by atoms with Crippen molar-refractivity contribution in [3.8, 4) is 11.5 Å². The molecule has 0 radical (unpaired) electrons. The highest BCUT2D eigenvalue weighted by Crippen LogP contribution is 2.44.